The minimum Gasteiger partial charge on any atom is -0.505 e. The van der Waals surface area contributed by atoms with E-state index >= 15 is 0 Å². The Morgan fingerprint density at radius 1 is 0.529 bits per heavy atom. The van der Waals surface area contributed by atoms with Gasteiger partial charge in [-0.25, -0.2) is 0 Å². The number of halogens is 4. The van der Waals surface area contributed by atoms with Crippen LogP contribution in [0.3, 0.4) is 0 Å². The van der Waals surface area contributed by atoms with Gasteiger partial charge in [-0.1, -0.05) is 102 Å². The largest absolute Gasteiger partial charge is 0.505 e. The molecule has 2 heterocycles. The van der Waals surface area contributed by atoms with Crippen LogP contribution in [0.1, 0.15) is 46.8 Å². The lowest BCUT2D eigenvalue weighted by Crippen LogP contribution is -2.33. The minimum absolute atomic E-state index is 0.0724. The van der Waals surface area contributed by atoms with E-state index in [1.165, 1.54) is 14.2 Å². The molecule has 0 spiro atoms. The van der Waals surface area contributed by atoms with Crippen LogP contribution in [0.25, 0.3) is 21.8 Å². The molecular formula is C52H44Cl4N4O8. The molecule has 68 heavy (non-hydrogen) atoms. The average Bonchev–Trinajstić information content (AvgIpc) is 3.36. The number of carbonyl (C=O) groups excluding carboxylic acids is 2. The third kappa shape index (κ3) is 11.6. The summed E-state index contributed by atoms with van der Waals surface area (Å²) in [6, 6.07) is 35.4. The Hall–Kier alpha value is -6.96. The molecule has 6 aromatic carbocycles. The normalized spacial score (nSPS) is 11.8. The van der Waals surface area contributed by atoms with E-state index in [1.54, 1.807) is 116 Å². The van der Waals surface area contributed by atoms with Crippen LogP contribution >= 0.6 is 46.4 Å². The molecule has 16 heteroatoms. The number of amides is 2. The Morgan fingerprint density at radius 2 is 0.985 bits per heavy atom. The molecule has 8 rings (SSSR count). The van der Waals surface area contributed by atoms with Crippen LogP contribution in [0.4, 0.5) is 0 Å². The molecule has 2 aromatic heterocycles. The van der Waals surface area contributed by atoms with Gasteiger partial charge in [-0.3, -0.25) is 19.6 Å². The van der Waals surface area contributed by atoms with Crippen molar-refractivity contribution in [2.24, 2.45) is 0 Å². The van der Waals surface area contributed by atoms with Gasteiger partial charge in [0.05, 0.1) is 36.3 Å². The number of carbonyl (C=O) groups is 2. The Labute approximate surface area is 412 Å². The van der Waals surface area contributed by atoms with Crippen LogP contribution in [0.2, 0.25) is 20.1 Å². The lowest BCUT2D eigenvalue weighted by molar-refractivity contribution is -0.124. The van der Waals surface area contributed by atoms with E-state index in [1.807, 2.05) is 24.3 Å². The Kier molecular flexibility index (Phi) is 16.3. The summed E-state index contributed by atoms with van der Waals surface area (Å²) < 4.78 is 21.8. The lowest BCUT2D eigenvalue weighted by atomic mass is 9.96. The molecule has 0 saturated heterocycles. The van der Waals surface area contributed by atoms with Crippen molar-refractivity contribution in [3.05, 3.63) is 188 Å². The van der Waals surface area contributed by atoms with Crippen molar-refractivity contribution in [3.63, 3.8) is 0 Å². The molecule has 2 atom stereocenters. The number of nitrogens with zero attached hydrogens (tertiary/aromatic N) is 2. The maximum Gasteiger partial charge on any atom is 0.258 e. The molecule has 2 unspecified atom stereocenters. The number of aromatic nitrogens is 2. The monoisotopic (exact) mass is 992 g/mol. The SMILES string of the molecule is CCc1cccc(OCC(=O)NC(c2ccccc2Cl)c2cc(Cl)c3cccnc3c2O)c1.COc1cc(OC)cc(OCC(=O)NC(c2ccccc2Cl)c2cc(Cl)c3cccnc3c2O)c1. The first-order chi connectivity index (χ1) is 32.9. The highest BCUT2D eigenvalue weighted by Crippen LogP contribution is 2.41. The van der Waals surface area contributed by atoms with Gasteiger partial charge in [-0.15, -0.1) is 0 Å². The van der Waals surface area contributed by atoms with Crippen LogP contribution < -0.4 is 29.6 Å². The molecule has 0 aliphatic carbocycles. The zero-order valence-electron chi connectivity index (χ0n) is 36.8. The van der Waals surface area contributed by atoms with Crippen LogP contribution in [-0.4, -0.2) is 59.4 Å². The van der Waals surface area contributed by atoms with Gasteiger partial charge in [0.25, 0.3) is 11.8 Å². The van der Waals surface area contributed by atoms with Crippen molar-refractivity contribution >= 4 is 80.0 Å². The Balaban J connectivity index is 0.000000202. The Bertz CT molecular complexity index is 3080. The number of aromatic hydroxyl groups is 2. The molecule has 348 valence electrons. The summed E-state index contributed by atoms with van der Waals surface area (Å²) in [4.78, 5) is 34.4. The van der Waals surface area contributed by atoms with Crippen molar-refractivity contribution in [2.45, 2.75) is 25.4 Å². The fraction of sp³-hybridized carbons (Fsp3) is 0.154. The third-order valence-corrected chi connectivity index (χ3v) is 12.0. The van der Waals surface area contributed by atoms with Crippen molar-refractivity contribution in [2.75, 3.05) is 27.4 Å². The predicted octanol–water partition coefficient (Wildman–Crippen LogP) is 11.6. The molecule has 8 aromatic rings. The van der Waals surface area contributed by atoms with Crippen molar-refractivity contribution in [3.8, 4) is 34.5 Å². The molecule has 0 bridgehead atoms. The fourth-order valence-corrected chi connectivity index (χ4v) is 8.37. The first-order valence-corrected chi connectivity index (χ1v) is 22.6. The number of phenols is 2. The van der Waals surface area contributed by atoms with E-state index in [0.717, 1.165) is 12.0 Å². The summed E-state index contributed by atoms with van der Waals surface area (Å²) in [6.45, 7) is 1.54. The quantitative estimate of drug-likeness (QED) is 0.0778. The number of fused-ring (bicyclic) bond motifs is 2. The minimum atomic E-state index is -0.816. The number of aryl methyl sites for hydroxylation is 1. The van der Waals surface area contributed by atoms with Crippen LogP contribution in [0, 0.1) is 0 Å². The van der Waals surface area contributed by atoms with Gasteiger partial charge in [0, 0.05) is 62.5 Å². The van der Waals surface area contributed by atoms with Gasteiger partial charge in [-0.2, -0.15) is 0 Å². The summed E-state index contributed by atoms with van der Waals surface area (Å²) in [7, 11) is 3.05. The van der Waals surface area contributed by atoms with Crippen molar-refractivity contribution < 1.29 is 38.7 Å². The van der Waals surface area contributed by atoms with Crippen molar-refractivity contribution in [1.29, 1.82) is 0 Å². The number of hydrogen-bond donors (Lipinski definition) is 4. The molecule has 0 radical (unpaired) electrons. The second kappa shape index (κ2) is 22.7. The summed E-state index contributed by atoms with van der Waals surface area (Å²) in [6.07, 6.45) is 4.00. The summed E-state index contributed by atoms with van der Waals surface area (Å²) in [5, 5.41) is 30.8. The van der Waals surface area contributed by atoms with E-state index in [9.17, 15) is 19.8 Å². The van der Waals surface area contributed by atoms with E-state index in [2.05, 4.69) is 27.5 Å². The number of methoxy groups -OCH3 is 2. The zero-order valence-corrected chi connectivity index (χ0v) is 39.8. The molecular weight excluding hydrogens is 950 g/mol. The molecule has 0 aliphatic heterocycles. The van der Waals surface area contributed by atoms with Crippen LogP contribution in [-0.2, 0) is 16.0 Å². The predicted molar refractivity (Wildman–Crippen MR) is 266 cm³/mol. The van der Waals surface area contributed by atoms with Crippen LogP contribution in [0.15, 0.2) is 140 Å². The van der Waals surface area contributed by atoms with Gasteiger partial charge in [0.15, 0.2) is 13.2 Å². The second-order valence-corrected chi connectivity index (χ2v) is 16.7. The van der Waals surface area contributed by atoms with E-state index in [-0.39, 0.29) is 30.6 Å². The summed E-state index contributed by atoms with van der Waals surface area (Å²) >= 11 is 25.9. The average molecular weight is 995 g/mol. The lowest BCUT2D eigenvalue weighted by Gasteiger charge is -2.23. The molecule has 0 saturated carbocycles. The molecule has 0 aliphatic rings. The van der Waals surface area contributed by atoms with E-state index < -0.39 is 18.0 Å². The van der Waals surface area contributed by atoms with Crippen LogP contribution in [0.5, 0.6) is 34.5 Å². The number of nitrogens with one attached hydrogen (secondary N) is 2. The first-order valence-electron chi connectivity index (χ1n) is 21.1. The topological polar surface area (TPSA) is 161 Å². The first kappa shape index (κ1) is 49.0. The van der Waals surface area contributed by atoms with Gasteiger partial charge >= 0.3 is 0 Å². The number of hydrogen-bond acceptors (Lipinski definition) is 10. The third-order valence-electron chi connectivity index (χ3n) is 10.7. The molecule has 4 N–H and O–H groups in total. The maximum atomic E-state index is 13.0. The number of pyridine rings is 2. The summed E-state index contributed by atoms with van der Waals surface area (Å²) in [5.74, 6) is 1.05. The second-order valence-electron chi connectivity index (χ2n) is 15.1. The maximum absolute atomic E-state index is 13.0. The number of benzene rings is 6. The van der Waals surface area contributed by atoms with Gasteiger partial charge in [-0.05, 0) is 83.8 Å². The van der Waals surface area contributed by atoms with E-state index in [0.29, 0.717) is 87.1 Å². The Morgan fingerprint density at radius 3 is 1.44 bits per heavy atom. The zero-order chi connectivity index (χ0) is 48.3. The standard InChI is InChI=1S/C26H22Cl2N2O5.C26H22Cl2N2O3/c1-33-15-10-16(34-2)12-17(11-15)35-14-23(31)30-24(18-6-3-4-8-21(18)27)20-13-22(28)19-7-5-9-29-25(19)26(20)32;1-2-16-7-5-8-17(13-16)33-15-23(31)30-24(18-9-3-4-11-21(18)27)20-14-22(28)19-10-6-12-29-25(19)26(20)32/h3-13,24,32H,14H2,1-2H3,(H,30,31);3-14,24,32H,2,15H2,1H3,(H,30,31). The number of phenolic OH excluding ortho intramolecular Hbond substituents is 2. The highest BCUT2D eigenvalue weighted by atomic mass is 35.5. The van der Waals surface area contributed by atoms with Gasteiger partial charge < -0.3 is 39.8 Å². The smallest absolute Gasteiger partial charge is 0.258 e. The number of rotatable bonds is 15. The number of ether oxygens (including phenoxy) is 4. The molecule has 0 fully saturated rings. The van der Waals surface area contributed by atoms with Gasteiger partial charge in [0.1, 0.15) is 45.5 Å². The molecule has 12 nitrogen and oxygen atoms in total. The summed E-state index contributed by atoms with van der Waals surface area (Å²) in [5.41, 5.74) is 3.71. The highest BCUT2D eigenvalue weighted by Gasteiger charge is 2.27. The molecule has 2 amide bonds. The van der Waals surface area contributed by atoms with E-state index in [4.69, 9.17) is 65.4 Å². The van der Waals surface area contributed by atoms with Gasteiger partial charge in [0.2, 0.25) is 0 Å². The fourth-order valence-electron chi connectivity index (χ4n) is 7.34. The highest BCUT2D eigenvalue weighted by molar-refractivity contribution is 6.36. The van der Waals surface area contributed by atoms with Crippen molar-refractivity contribution in [1.82, 2.24) is 20.6 Å².